The Labute approximate surface area is 158 Å². The molecule has 4 heteroatoms. The van der Waals surface area contributed by atoms with Gasteiger partial charge in [0, 0.05) is 22.9 Å². The van der Waals surface area contributed by atoms with Crippen molar-refractivity contribution in [3.63, 3.8) is 0 Å². The fourth-order valence-corrected chi connectivity index (χ4v) is 5.15. The van der Waals surface area contributed by atoms with Gasteiger partial charge >= 0.3 is 5.97 Å². The highest BCUT2D eigenvalue weighted by atomic mass is 32.2. The number of aliphatic carboxylic acids is 1. The van der Waals surface area contributed by atoms with E-state index in [1.165, 1.54) is 32.1 Å². The van der Waals surface area contributed by atoms with Gasteiger partial charge in [-0.15, -0.1) is 0 Å². The molecule has 0 radical (unpaired) electrons. The Balaban J connectivity index is 1.70. The number of carboxylic acids is 1. The second-order valence-electron chi connectivity index (χ2n) is 7.16. The average Bonchev–Trinajstić information content (AvgIpc) is 2.66. The van der Waals surface area contributed by atoms with Gasteiger partial charge in [0.05, 0.1) is 5.92 Å². The number of carboxylic acid groups (broad SMARTS) is 1. The first-order chi connectivity index (χ1) is 12.6. The predicted molar refractivity (Wildman–Crippen MR) is 106 cm³/mol. The molecule has 0 aromatic heterocycles. The summed E-state index contributed by atoms with van der Waals surface area (Å²) >= 11 is 1.83. The molecular weight excluding hydrogens is 342 g/mol. The maximum atomic E-state index is 11.4. The third-order valence-electron chi connectivity index (χ3n) is 5.28. The fourth-order valence-electron chi connectivity index (χ4n) is 4.06. The first kappa shape index (κ1) is 17.4. The number of piperidine rings is 1. The lowest BCUT2D eigenvalue weighted by atomic mass is 9.91. The van der Waals surface area contributed by atoms with Crippen LogP contribution in [0.2, 0.25) is 0 Å². The number of nitrogens with zero attached hydrogens (tertiary/aromatic N) is 1. The van der Waals surface area contributed by atoms with E-state index < -0.39 is 5.97 Å². The van der Waals surface area contributed by atoms with Crippen LogP contribution in [0.25, 0.3) is 5.57 Å². The minimum absolute atomic E-state index is 0.233. The van der Waals surface area contributed by atoms with Gasteiger partial charge in [-0.25, -0.2) is 0 Å². The molecule has 0 spiro atoms. The van der Waals surface area contributed by atoms with E-state index in [0.29, 0.717) is 6.54 Å². The molecule has 0 saturated carbocycles. The van der Waals surface area contributed by atoms with Crippen LogP contribution in [0.1, 0.15) is 30.9 Å². The highest BCUT2D eigenvalue weighted by Gasteiger charge is 2.27. The standard InChI is InChI=1S/C22H23NO2S/c1-15(13-23-12-6-7-16(14-23)22(24)25)21-17-8-2-4-10-19(17)26-20-11-5-3-9-18(20)21/h2-5,8-11,16H,6-7,12-14H2,1H3,(H,24,25). The number of benzene rings is 2. The van der Waals surface area contributed by atoms with Crippen LogP contribution >= 0.6 is 11.8 Å². The van der Waals surface area contributed by atoms with Gasteiger partial charge in [-0.1, -0.05) is 53.7 Å². The first-order valence-electron chi connectivity index (χ1n) is 9.15. The zero-order chi connectivity index (χ0) is 18.1. The molecule has 1 unspecified atom stereocenters. The van der Waals surface area contributed by atoms with Crippen LogP contribution in [0.4, 0.5) is 0 Å². The summed E-state index contributed by atoms with van der Waals surface area (Å²) in [4.78, 5) is 16.3. The van der Waals surface area contributed by atoms with Crippen LogP contribution in [-0.2, 0) is 4.79 Å². The summed E-state index contributed by atoms with van der Waals surface area (Å²) in [5, 5.41) is 9.36. The molecule has 2 aliphatic heterocycles. The first-order valence-corrected chi connectivity index (χ1v) is 9.96. The molecule has 2 heterocycles. The molecular formula is C22H23NO2S. The van der Waals surface area contributed by atoms with E-state index in [9.17, 15) is 9.90 Å². The minimum Gasteiger partial charge on any atom is -0.481 e. The number of hydrogen-bond donors (Lipinski definition) is 1. The van der Waals surface area contributed by atoms with E-state index in [0.717, 1.165) is 25.9 Å². The number of fused-ring (bicyclic) bond motifs is 2. The Morgan fingerprint density at radius 1 is 1.12 bits per heavy atom. The zero-order valence-electron chi connectivity index (χ0n) is 14.9. The Morgan fingerprint density at radius 3 is 2.35 bits per heavy atom. The highest BCUT2D eigenvalue weighted by molar-refractivity contribution is 7.99. The van der Waals surface area contributed by atoms with Crippen LogP contribution in [-0.4, -0.2) is 35.6 Å². The molecule has 2 aromatic carbocycles. The fraction of sp³-hybridized carbons (Fsp3) is 0.318. The normalized spacial score (nSPS) is 19.6. The molecule has 3 nitrogen and oxygen atoms in total. The number of rotatable bonds is 3. The van der Waals surface area contributed by atoms with Gasteiger partial charge in [0.15, 0.2) is 0 Å². The Hall–Kier alpha value is -2.04. The van der Waals surface area contributed by atoms with Crippen LogP contribution in [0, 0.1) is 5.92 Å². The minimum atomic E-state index is -0.662. The van der Waals surface area contributed by atoms with Crippen molar-refractivity contribution in [1.29, 1.82) is 0 Å². The van der Waals surface area contributed by atoms with Crippen LogP contribution < -0.4 is 0 Å². The molecule has 1 fully saturated rings. The second-order valence-corrected chi connectivity index (χ2v) is 8.25. The van der Waals surface area contributed by atoms with Crippen LogP contribution in [0.5, 0.6) is 0 Å². The summed E-state index contributed by atoms with van der Waals surface area (Å²) < 4.78 is 0. The molecule has 26 heavy (non-hydrogen) atoms. The lowest BCUT2D eigenvalue weighted by Crippen LogP contribution is -2.39. The summed E-state index contributed by atoms with van der Waals surface area (Å²) in [5.74, 6) is -0.896. The summed E-state index contributed by atoms with van der Waals surface area (Å²) in [7, 11) is 0. The van der Waals surface area contributed by atoms with Gasteiger partial charge in [0.1, 0.15) is 0 Å². The number of carbonyl (C=O) groups is 1. The zero-order valence-corrected chi connectivity index (χ0v) is 15.8. The van der Waals surface area contributed by atoms with E-state index in [-0.39, 0.29) is 5.92 Å². The van der Waals surface area contributed by atoms with E-state index in [1.807, 2.05) is 11.8 Å². The Kier molecular flexibility index (Phi) is 4.88. The highest BCUT2D eigenvalue weighted by Crippen LogP contribution is 2.46. The van der Waals surface area contributed by atoms with Crippen molar-refractivity contribution in [3.05, 3.63) is 65.2 Å². The van der Waals surface area contributed by atoms with Gasteiger partial charge in [-0.3, -0.25) is 9.69 Å². The third kappa shape index (κ3) is 3.31. The predicted octanol–water partition coefficient (Wildman–Crippen LogP) is 4.77. The van der Waals surface area contributed by atoms with Crippen LogP contribution in [0.3, 0.4) is 0 Å². The lowest BCUT2D eigenvalue weighted by Gasteiger charge is -2.32. The molecule has 1 N–H and O–H groups in total. The SMILES string of the molecule is CC(CN1CCCC(C(=O)O)C1)=C1c2ccccc2Sc2ccccc21. The number of likely N-dealkylation sites (tertiary alicyclic amines) is 1. The van der Waals surface area contributed by atoms with Crippen molar-refractivity contribution in [2.45, 2.75) is 29.6 Å². The molecule has 1 saturated heterocycles. The van der Waals surface area contributed by atoms with Crippen molar-refractivity contribution in [2.24, 2.45) is 5.92 Å². The second kappa shape index (κ2) is 7.29. The monoisotopic (exact) mass is 365 g/mol. The molecule has 134 valence electrons. The van der Waals surface area contributed by atoms with Gasteiger partial charge in [-0.2, -0.15) is 0 Å². The Morgan fingerprint density at radius 2 is 1.73 bits per heavy atom. The van der Waals surface area contributed by atoms with Crippen molar-refractivity contribution in [1.82, 2.24) is 4.90 Å². The van der Waals surface area contributed by atoms with Crippen molar-refractivity contribution in [3.8, 4) is 0 Å². The van der Waals surface area contributed by atoms with Gasteiger partial charge in [-0.05, 0) is 55.1 Å². The van der Waals surface area contributed by atoms with Crippen molar-refractivity contribution in [2.75, 3.05) is 19.6 Å². The van der Waals surface area contributed by atoms with Gasteiger partial charge < -0.3 is 5.11 Å². The van der Waals surface area contributed by atoms with E-state index in [4.69, 9.17) is 0 Å². The average molecular weight is 365 g/mol. The smallest absolute Gasteiger partial charge is 0.307 e. The molecule has 2 aromatic rings. The molecule has 0 bridgehead atoms. The summed E-state index contributed by atoms with van der Waals surface area (Å²) in [5.41, 5.74) is 5.21. The molecule has 1 atom stereocenters. The largest absolute Gasteiger partial charge is 0.481 e. The lowest BCUT2D eigenvalue weighted by molar-refractivity contribution is -0.143. The molecule has 2 aliphatic rings. The van der Waals surface area contributed by atoms with Crippen molar-refractivity contribution < 1.29 is 9.90 Å². The molecule has 4 rings (SSSR count). The van der Waals surface area contributed by atoms with E-state index >= 15 is 0 Å². The van der Waals surface area contributed by atoms with Gasteiger partial charge in [0.25, 0.3) is 0 Å². The Bertz CT molecular complexity index is 826. The topological polar surface area (TPSA) is 40.5 Å². The molecule has 0 aliphatic carbocycles. The summed E-state index contributed by atoms with van der Waals surface area (Å²) in [6.45, 7) is 4.65. The van der Waals surface area contributed by atoms with Crippen LogP contribution in [0.15, 0.2) is 63.9 Å². The quantitative estimate of drug-likeness (QED) is 0.726. The maximum absolute atomic E-state index is 11.4. The molecule has 0 amide bonds. The van der Waals surface area contributed by atoms with E-state index in [2.05, 4.69) is 60.4 Å². The summed E-state index contributed by atoms with van der Waals surface area (Å²) in [6.07, 6.45) is 1.76. The third-order valence-corrected chi connectivity index (χ3v) is 6.43. The van der Waals surface area contributed by atoms with E-state index in [1.54, 1.807) is 0 Å². The van der Waals surface area contributed by atoms with Gasteiger partial charge in [0.2, 0.25) is 0 Å². The van der Waals surface area contributed by atoms with Crippen molar-refractivity contribution >= 4 is 23.3 Å². The maximum Gasteiger partial charge on any atom is 0.307 e. The summed E-state index contributed by atoms with van der Waals surface area (Å²) in [6, 6.07) is 17.2. The number of hydrogen-bond acceptors (Lipinski definition) is 3.